The van der Waals surface area contributed by atoms with Crippen molar-refractivity contribution >= 4 is 51.6 Å². The highest BCUT2D eigenvalue weighted by molar-refractivity contribution is 6.88. The fraction of sp³-hybridized carbons (Fsp3) is 0.0213. The van der Waals surface area contributed by atoms with Gasteiger partial charge in [-0.1, -0.05) is 158 Å². The number of hydrogen-bond donors (Lipinski definition) is 0. The Balaban J connectivity index is 1.11. The second-order valence-electron chi connectivity index (χ2n) is 13.3. The van der Waals surface area contributed by atoms with Gasteiger partial charge in [-0.2, -0.15) is 0 Å². The van der Waals surface area contributed by atoms with E-state index in [0.29, 0.717) is 0 Å². The van der Waals surface area contributed by atoms with Crippen LogP contribution in [-0.4, -0.2) is 18.8 Å². The van der Waals surface area contributed by atoms with Crippen molar-refractivity contribution in [2.45, 2.75) is 6.55 Å². The van der Waals surface area contributed by atoms with Crippen molar-refractivity contribution in [3.63, 3.8) is 0 Å². The zero-order chi connectivity index (χ0) is 33.2. The number of fused-ring (bicyclic) bond motifs is 9. The Morgan fingerprint density at radius 1 is 0.380 bits per heavy atom. The van der Waals surface area contributed by atoms with E-state index >= 15 is 0 Å². The third kappa shape index (κ3) is 4.55. The predicted molar refractivity (Wildman–Crippen MR) is 214 cm³/mol. The monoisotopic (exact) mass is 652 g/mol. The van der Waals surface area contributed by atoms with Crippen molar-refractivity contribution in [3.8, 4) is 56.0 Å². The van der Waals surface area contributed by atoms with Crippen molar-refractivity contribution in [3.05, 3.63) is 170 Å². The van der Waals surface area contributed by atoms with Crippen molar-refractivity contribution < 1.29 is 0 Å². The number of nitrogens with zero attached hydrogens (tertiary/aromatic N) is 2. The maximum absolute atomic E-state index is 5.30. The third-order valence-electron chi connectivity index (χ3n) is 10.5. The van der Waals surface area contributed by atoms with Crippen molar-refractivity contribution in [1.82, 2.24) is 9.97 Å². The normalized spacial score (nSPS) is 13.5. The number of hydrogen-bond acceptors (Lipinski definition) is 2. The van der Waals surface area contributed by atoms with Crippen molar-refractivity contribution in [1.29, 1.82) is 0 Å². The summed E-state index contributed by atoms with van der Waals surface area (Å²) in [4.78, 5) is 10.5. The molecule has 9 aromatic rings. The maximum atomic E-state index is 5.30. The first kappa shape index (κ1) is 28.8. The van der Waals surface area contributed by atoms with E-state index in [4.69, 9.17) is 9.97 Å². The molecule has 0 radical (unpaired) electrons. The van der Waals surface area contributed by atoms with E-state index in [1.54, 1.807) is 0 Å². The van der Waals surface area contributed by atoms with Crippen LogP contribution in [0.2, 0.25) is 6.55 Å². The molecule has 0 spiro atoms. The molecule has 10 rings (SSSR count). The van der Waals surface area contributed by atoms with E-state index in [2.05, 4.69) is 170 Å². The van der Waals surface area contributed by atoms with Gasteiger partial charge in [0.25, 0.3) is 0 Å². The van der Waals surface area contributed by atoms with Crippen LogP contribution in [0.15, 0.2) is 170 Å². The zero-order valence-corrected chi connectivity index (χ0v) is 28.8. The number of aromatic nitrogens is 2. The molecule has 50 heavy (non-hydrogen) atoms. The molecule has 0 amide bonds. The fourth-order valence-corrected chi connectivity index (χ4v) is 10.5. The first-order valence-electron chi connectivity index (χ1n) is 17.3. The van der Waals surface area contributed by atoms with Gasteiger partial charge in [-0.15, -0.1) is 0 Å². The molecule has 0 fully saturated rings. The van der Waals surface area contributed by atoms with Gasteiger partial charge in [0.2, 0.25) is 0 Å². The number of rotatable bonds is 4. The Kier molecular flexibility index (Phi) is 6.61. The summed E-state index contributed by atoms with van der Waals surface area (Å²) in [7, 11) is -1.46. The van der Waals surface area contributed by atoms with Gasteiger partial charge in [0.05, 0.1) is 5.69 Å². The molecule has 0 N–H and O–H groups in total. The van der Waals surface area contributed by atoms with Crippen LogP contribution in [0, 0.1) is 0 Å². The Morgan fingerprint density at radius 3 is 1.56 bits per heavy atom. The minimum absolute atomic E-state index is 0.801. The molecule has 1 aliphatic rings. The third-order valence-corrected chi connectivity index (χ3v) is 13.2. The Bertz CT molecular complexity index is 2750. The predicted octanol–water partition coefficient (Wildman–Crippen LogP) is 10.6. The average Bonchev–Trinajstić information content (AvgIpc) is 3.49. The van der Waals surface area contributed by atoms with Crippen LogP contribution in [0.4, 0.5) is 0 Å². The summed E-state index contributed by atoms with van der Waals surface area (Å²) in [6, 6.07) is 61.6. The summed E-state index contributed by atoms with van der Waals surface area (Å²) in [5, 5.41) is 10.4. The summed E-state index contributed by atoms with van der Waals surface area (Å²) in [6.07, 6.45) is 0. The SMILES string of the molecule is C[SiH]1c2ccccc2-c2c(-c3cccc(-c4cccc(-c5ccc6c7ccccc7c7ccccc7c6c5)c4)c3)nc(-c3ccccc3)nc21. The molecule has 3 heteroatoms. The lowest BCUT2D eigenvalue weighted by Gasteiger charge is -2.14. The summed E-state index contributed by atoms with van der Waals surface area (Å²) in [5.41, 5.74) is 10.5. The molecule has 0 aliphatic carbocycles. The molecule has 1 atom stereocenters. The Labute approximate surface area is 293 Å². The lowest BCUT2D eigenvalue weighted by molar-refractivity contribution is 1.21. The molecule has 234 valence electrons. The highest BCUT2D eigenvalue weighted by Crippen LogP contribution is 2.39. The zero-order valence-electron chi connectivity index (χ0n) is 27.6. The summed E-state index contributed by atoms with van der Waals surface area (Å²) >= 11 is 0. The van der Waals surface area contributed by atoms with Crippen LogP contribution in [0.5, 0.6) is 0 Å². The lowest BCUT2D eigenvalue weighted by atomic mass is 9.91. The van der Waals surface area contributed by atoms with Gasteiger partial charge >= 0.3 is 0 Å². The van der Waals surface area contributed by atoms with Gasteiger partial charge in [-0.05, 0) is 83.5 Å². The van der Waals surface area contributed by atoms with Gasteiger partial charge in [-0.25, -0.2) is 9.97 Å². The van der Waals surface area contributed by atoms with Crippen LogP contribution < -0.4 is 10.5 Å². The Hall–Kier alpha value is -6.16. The topological polar surface area (TPSA) is 25.8 Å². The molecule has 1 unspecified atom stereocenters. The minimum atomic E-state index is -1.46. The smallest absolute Gasteiger partial charge is 0.159 e. The van der Waals surface area contributed by atoms with Crippen molar-refractivity contribution in [2.75, 3.05) is 0 Å². The molecule has 0 bridgehead atoms. The fourth-order valence-electron chi connectivity index (χ4n) is 8.04. The largest absolute Gasteiger partial charge is 0.237 e. The molecule has 2 nitrogen and oxygen atoms in total. The van der Waals surface area contributed by atoms with Crippen LogP contribution >= 0.6 is 0 Å². The highest BCUT2D eigenvalue weighted by atomic mass is 28.3. The van der Waals surface area contributed by atoms with Gasteiger partial charge in [0.15, 0.2) is 5.82 Å². The Morgan fingerprint density at radius 2 is 0.880 bits per heavy atom. The standard InChI is InChI=1S/C47H32N2Si/c1-50-43-24-10-9-23-41(43)44-45(48-46(49-47(44)50)30-13-3-2-4-14-30)35-18-12-17-33(28-35)31-15-11-16-32(27-31)34-25-26-40-38-21-6-5-19-36(38)37-20-7-8-22-39(37)42(40)29-34/h2-29,50H,1H3. The van der Waals surface area contributed by atoms with Gasteiger partial charge in [-0.3, -0.25) is 0 Å². The van der Waals surface area contributed by atoms with Gasteiger partial charge in [0, 0.05) is 22.0 Å². The maximum Gasteiger partial charge on any atom is 0.159 e. The lowest BCUT2D eigenvalue weighted by Crippen LogP contribution is -2.36. The van der Waals surface area contributed by atoms with Crippen LogP contribution in [0.3, 0.4) is 0 Å². The van der Waals surface area contributed by atoms with Crippen LogP contribution in [0.1, 0.15) is 0 Å². The summed E-state index contributed by atoms with van der Waals surface area (Å²) in [6.45, 7) is 2.40. The average molecular weight is 653 g/mol. The van der Waals surface area contributed by atoms with Gasteiger partial charge < -0.3 is 0 Å². The molecular weight excluding hydrogens is 621 g/mol. The number of benzene rings is 8. The van der Waals surface area contributed by atoms with Crippen LogP contribution in [0.25, 0.3) is 88.3 Å². The molecule has 1 aliphatic heterocycles. The molecule has 0 saturated carbocycles. The van der Waals surface area contributed by atoms with E-state index in [9.17, 15) is 0 Å². The molecule has 8 aromatic carbocycles. The van der Waals surface area contributed by atoms with Gasteiger partial charge in [0.1, 0.15) is 8.80 Å². The molecule has 1 aromatic heterocycles. The second kappa shape index (κ2) is 11.5. The van der Waals surface area contributed by atoms with Crippen molar-refractivity contribution in [2.24, 2.45) is 0 Å². The van der Waals surface area contributed by atoms with E-state index in [0.717, 1.165) is 22.6 Å². The summed E-state index contributed by atoms with van der Waals surface area (Å²) in [5.74, 6) is 0.801. The van der Waals surface area contributed by atoms with E-state index in [-0.39, 0.29) is 0 Å². The molecule has 0 saturated heterocycles. The second-order valence-corrected chi connectivity index (χ2v) is 16.0. The quantitative estimate of drug-likeness (QED) is 0.140. The van der Waals surface area contributed by atoms with E-state index in [1.165, 1.54) is 76.2 Å². The highest BCUT2D eigenvalue weighted by Gasteiger charge is 2.32. The van der Waals surface area contributed by atoms with Crippen LogP contribution in [-0.2, 0) is 0 Å². The first-order chi connectivity index (χ1) is 24.7. The summed E-state index contributed by atoms with van der Waals surface area (Å²) < 4.78 is 0. The first-order valence-corrected chi connectivity index (χ1v) is 19.6. The molecule has 2 heterocycles. The minimum Gasteiger partial charge on any atom is -0.237 e. The molecular formula is C47H32N2Si. The van der Waals surface area contributed by atoms with E-state index < -0.39 is 8.80 Å². The van der Waals surface area contributed by atoms with E-state index in [1.807, 2.05) is 6.07 Å².